The van der Waals surface area contributed by atoms with Crippen molar-refractivity contribution in [2.75, 3.05) is 7.11 Å². The molecule has 0 spiro atoms. The molecule has 0 atom stereocenters. The van der Waals surface area contributed by atoms with E-state index < -0.39 is 48.5 Å². The molecule has 0 aliphatic rings. The van der Waals surface area contributed by atoms with Crippen LogP contribution in [0.4, 0.5) is 0 Å². The van der Waals surface area contributed by atoms with Crippen LogP contribution in [-0.4, -0.2) is 39.1 Å². The second-order valence-electron chi connectivity index (χ2n) is 4.30. The maximum absolute atomic E-state index is 12.1. The van der Waals surface area contributed by atoms with Gasteiger partial charge >= 0.3 is 17.6 Å². The Labute approximate surface area is 118 Å². The number of Topliss-reactive ketones (excluding diaryl/α,β-unsaturated/α-hetero) is 1. The second kappa shape index (κ2) is 6.64. The van der Waals surface area contributed by atoms with Crippen LogP contribution in [0.1, 0.15) is 12.5 Å². The molecule has 1 heterocycles. The summed E-state index contributed by atoms with van der Waals surface area (Å²) in [6, 6.07) is 0. The van der Waals surface area contributed by atoms with Crippen molar-refractivity contribution >= 4 is 17.7 Å². The van der Waals surface area contributed by atoms with Crippen molar-refractivity contribution < 1.29 is 24.2 Å². The Morgan fingerprint density at radius 2 is 1.86 bits per heavy atom. The first-order valence-electron chi connectivity index (χ1n) is 5.87. The number of aromatic nitrogens is 2. The SMILES string of the molecule is COC(=O)Cc1cn(CC(=O)O)c(=O)n(CC(C)=O)c1=O. The standard InChI is InChI=1S/C12H14N2O7/c1-7(15)4-14-11(19)8(3-10(18)21-2)5-13(12(14)20)6-9(16)17/h5H,3-4,6H2,1-2H3,(H,16,17). The van der Waals surface area contributed by atoms with Crippen molar-refractivity contribution in [3.05, 3.63) is 32.6 Å². The third-order valence-electron chi connectivity index (χ3n) is 2.56. The monoisotopic (exact) mass is 298 g/mol. The lowest BCUT2D eigenvalue weighted by Crippen LogP contribution is -2.43. The van der Waals surface area contributed by atoms with Crippen molar-refractivity contribution in [3.63, 3.8) is 0 Å². The molecule has 0 fully saturated rings. The van der Waals surface area contributed by atoms with Crippen molar-refractivity contribution in [2.24, 2.45) is 0 Å². The Hall–Kier alpha value is -2.71. The summed E-state index contributed by atoms with van der Waals surface area (Å²) in [5.74, 6) is -2.47. The zero-order valence-corrected chi connectivity index (χ0v) is 11.5. The first-order chi connectivity index (χ1) is 9.76. The molecule has 1 rings (SSSR count). The summed E-state index contributed by atoms with van der Waals surface area (Å²) in [6.45, 7) is -0.00210. The van der Waals surface area contributed by atoms with Crippen LogP contribution in [-0.2, 0) is 38.6 Å². The van der Waals surface area contributed by atoms with E-state index in [0.717, 1.165) is 17.9 Å². The molecule has 0 aliphatic carbocycles. The highest BCUT2D eigenvalue weighted by Gasteiger charge is 2.16. The van der Waals surface area contributed by atoms with E-state index in [1.54, 1.807) is 0 Å². The summed E-state index contributed by atoms with van der Waals surface area (Å²) in [7, 11) is 1.13. The fourth-order valence-corrected chi connectivity index (χ4v) is 1.68. The fraction of sp³-hybridized carbons (Fsp3) is 0.417. The molecule has 1 aromatic heterocycles. The smallest absolute Gasteiger partial charge is 0.331 e. The van der Waals surface area contributed by atoms with E-state index in [0.29, 0.717) is 4.57 Å². The lowest BCUT2D eigenvalue weighted by Gasteiger charge is -2.10. The van der Waals surface area contributed by atoms with Crippen LogP contribution in [0.3, 0.4) is 0 Å². The lowest BCUT2D eigenvalue weighted by molar-refractivity contribution is -0.140. The van der Waals surface area contributed by atoms with Crippen LogP contribution in [0.25, 0.3) is 0 Å². The molecular formula is C12H14N2O7. The predicted octanol–water partition coefficient (Wildman–Crippen LogP) is -1.60. The number of ether oxygens (including phenoxy) is 1. The van der Waals surface area contributed by atoms with E-state index in [1.807, 2.05) is 0 Å². The minimum Gasteiger partial charge on any atom is -0.480 e. The van der Waals surface area contributed by atoms with Gasteiger partial charge < -0.3 is 9.84 Å². The number of rotatable bonds is 6. The number of esters is 1. The minimum absolute atomic E-state index is 0.121. The second-order valence-corrected chi connectivity index (χ2v) is 4.30. The van der Waals surface area contributed by atoms with E-state index in [4.69, 9.17) is 5.11 Å². The topological polar surface area (TPSA) is 125 Å². The van der Waals surface area contributed by atoms with E-state index in [9.17, 15) is 24.0 Å². The van der Waals surface area contributed by atoms with E-state index >= 15 is 0 Å². The number of carbonyl (C=O) groups excluding carboxylic acids is 2. The van der Waals surface area contributed by atoms with Gasteiger partial charge in [-0.25, -0.2) is 4.79 Å². The number of hydrogen-bond donors (Lipinski definition) is 1. The summed E-state index contributed by atoms with van der Waals surface area (Å²) in [4.78, 5) is 57.1. The predicted molar refractivity (Wildman–Crippen MR) is 69.0 cm³/mol. The van der Waals surface area contributed by atoms with Crippen molar-refractivity contribution in [2.45, 2.75) is 26.4 Å². The summed E-state index contributed by atoms with van der Waals surface area (Å²) in [6.07, 6.45) is 0.569. The van der Waals surface area contributed by atoms with E-state index in [-0.39, 0.29) is 5.56 Å². The molecule has 0 radical (unpaired) electrons. The van der Waals surface area contributed by atoms with Crippen molar-refractivity contribution in [3.8, 4) is 0 Å². The third kappa shape index (κ3) is 4.13. The summed E-state index contributed by atoms with van der Waals surface area (Å²) in [5, 5.41) is 8.75. The van der Waals surface area contributed by atoms with Gasteiger partial charge in [0.1, 0.15) is 12.3 Å². The van der Waals surface area contributed by atoms with Gasteiger partial charge in [0, 0.05) is 11.8 Å². The molecule has 0 aliphatic heterocycles. The highest BCUT2D eigenvalue weighted by Crippen LogP contribution is 1.95. The number of methoxy groups -OCH3 is 1. The molecule has 0 amide bonds. The summed E-state index contributed by atoms with van der Waals surface area (Å²) < 4.78 is 5.78. The number of nitrogens with zero attached hydrogens (tertiary/aromatic N) is 2. The zero-order valence-electron chi connectivity index (χ0n) is 11.5. The number of carboxylic acid groups (broad SMARTS) is 1. The summed E-state index contributed by atoms with van der Waals surface area (Å²) >= 11 is 0. The molecule has 0 saturated carbocycles. The normalized spacial score (nSPS) is 10.2. The van der Waals surface area contributed by atoms with Gasteiger partial charge in [0.25, 0.3) is 5.56 Å². The molecule has 9 nitrogen and oxygen atoms in total. The molecule has 114 valence electrons. The lowest BCUT2D eigenvalue weighted by atomic mass is 10.2. The quantitative estimate of drug-likeness (QED) is 0.627. The van der Waals surface area contributed by atoms with Crippen LogP contribution in [0.5, 0.6) is 0 Å². The number of ketones is 1. The van der Waals surface area contributed by atoms with Crippen LogP contribution in [0.2, 0.25) is 0 Å². The highest BCUT2D eigenvalue weighted by molar-refractivity contribution is 5.75. The fourth-order valence-electron chi connectivity index (χ4n) is 1.68. The number of carboxylic acids is 1. The Balaban J connectivity index is 3.47. The Morgan fingerprint density at radius 3 is 2.33 bits per heavy atom. The number of carbonyl (C=O) groups is 3. The molecule has 0 bridgehead atoms. The Morgan fingerprint density at radius 1 is 1.24 bits per heavy atom. The van der Waals surface area contributed by atoms with Crippen molar-refractivity contribution in [1.82, 2.24) is 9.13 Å². The van der Waals surface area contributed by atoms with Gasteiger partial charge in [-0.15, -0.1) is 0 Å². The largest absolute Gasteiger partial charge is 0.480 e. The van der Waals surface area contributed by atoms with Gasteiger partial charge in [0.05, 0.1) is 20.1 Å². The number of aliphatic carboxylic acids is 1. The molecular weight excluding hydrogens is 284 g/mol. The van der Waals surface area contributed by atoms with Gasteiger partial charge in [-0.2, -0.15) is 0 Å². The molecule has 0 unspecified atom stereocenters. The maximum Gasteiger partial charge on any atom is 0.331 e. The molecule has 1 N–H and O–H groups in total. The first kappa shape index (κ1) is 16.3. The Bertz CT molecular complexity index is 699. The molecule has 0 aromatic carbocycles. The molecule has 1 aromatic rings. The van der Waals surface area contributed by atoms with Crippen LogP contribution < -0.4 is 11.2 Å². The molecule has 9 heteroatoms. The first-order valence-corrected chi connectivity index (χ1v) is 5.87. The van der Waals surface area contributed by atoms with Crippen LogP contribution in [0, 0.1) is 0 Å². The maximum atomic E-state index is 12.1. The van der Waals surface area contributed by atoms with Crippen LogP contribution >= 0.6 is 0 Å². The average molecular weight is 298 g/mol. The Kier molecular flexibility index (Phi) is 5.17. The van der Waals surface area contributed by atoms with E-state index in [2.05, 4.69) is 4.74 Å². The van der Waals surface area contributed by atoms with Crippen molar-refractivity contribution in [1.29, 1.82) is 0 Å². The van der Waals surface area contributed by atoms with Crippen LogP contribution in [0.15, 0.2) is 15.8 Å². The third-order valence-corrected chi connectivity index (χ3v) is 2.56. The number of hydrogen-bond acceptors (Lipinski definition) is 6. The van der Waals surface area contributed by atoms with Gasteiger partial charge in [-0.3, -0.25) is 28.3 Å². The van der Waals surface area contributed by atoms with Gasteiger partial charge in [-0.05, 0) is 6.92 Å². The van der Waals surface area contributed by atoms with Gasteiger partial charge in [0.15, 0.2) is 0 Å². The minimum atomic E-state index is -1.30. The van der Waals surface area contributed by atoms with Gasteiger partial charge in [0.2, 0.25) is 0 Å². The molecule has 0 saturated heterocycles. The highest BCUT2D eigenvalue weighted by atomic mass is 16.5. The van der Waals surface area contributed by atoms with E-state index in [1.165, 1.54) is 6.92 Å². The average Bonchev–Trinajstić information content (AvgIpc) is 2.39. The summed E-state index contributed by atoms with van der Waals surface area (Å²) in [5.41, 5.74) is -1.86. The molecule has 21 heavy (non-hydrogen) atoms. The van der Waals surface area contributed by atoms with Gasteiger partial charge in [-0.1, -0.05) is 0 Å². The zero-order chi connectivity index (χ0) is 16.2.